The first-order valence-electron chi connectivity index (χ1n) is 6.68. The molecule has 0 aliphatic heterocycles. The molecule has 0 N–H and O–H groups in total. The zero-order chi connectivity index (χ0) is 15.1. The number of aryl methyl sites for hydroxylation is 2. The van der Waals surface area contributed by atoms with Gasteiger partial charge in [0.1, 0.15) is 5.76 Å². The quantitative estimate of drug-likeness (QED) is 0.598. The number of rotatable bonds is 6. The lowest BCUT2D eigenvalue weighted by Gasteiger charge is -2.11. The highest BCUT2D eigenvalue weighted by atomic mass is 32.2. The van der Waals surface area contributed by atoms with Gasteiger partial charge in [-0.05, 0) is 41.3 Å². The molecule has 3 nitrogen and oxygen atoms in total. The van der Waals surface area contributed by atoms with Gasteiger partial charge in [-0.15, -0.1) is 11.8 Å². The fourth-order valence-corrected chi connectivity index (χ4v) is 2.62. The molecular weight excluding hydrogens is 284 g/mol. The predicted octanol–water partition coefficient (Wildman–Crippen LogP) is 3.94. The zero-order valence-electron chi connectivity index (χ0n) is 12.2. The van der Waals surface area contributed by atoms with E-state index >= 15 is 0 Å². The second-order valence-electron chi connectivity index (χ2n) is 4.50. The second-order valence-corrected chi connectivity index (χ2v) is 5.20. The van der Waals surface area contributed by atoms with Crippen molar-refractivity contribution in [3.8, 4) is 0 Å². The van der Waals surface area contributed by atoms with Gasteiger partial charge in [-0.2, -0.15) is 0 Å². The SMILES string of the molecule is COC(=O)/C(=C/SC)c1ccccc1CCc1ccco1. The molecule has 0 unspecified atom stereocenters. The lowest BCUT2D eigenvalue weighted by molar-refractivity contribution is -0.133. The molecule has 2 aromatic rings. The smallest absolute Gasteiger partial charge is 0.338 e. The maximum Gasteiger partial charge on any atom is 0.338 e. The van der Waals surface area contributed by atoms with Crippen molar-refractivity contribution in [3.05, 3.63) is 65.0 Å². The third-order valence-corrected chi connectivity index (χ3v) is 3.64. The monoisotopic (exact) mass is 302 g/mol. The Morgan fingerprint density at radius 3 is 2.71 bits per heavy atom. The Labute approximate surface area is 129 Å². The van der Waals surface area contributed by atoms with Crippen LogP contribution in [-0.4, -0.2) is 19.3 Å². The molecule has 0 fully saturated rings. The minimum absolute atomic E-state index is 0.310. The number of benzene rings is 1. The minimum atomic E-state index is -0.310. The average molecular weight is 302 g/mol. The van der Waals surface area contributed by atoms with Gasteiger partial charge in [-0.1, -0.05) is 24.3 Å². The van der Waals surface area contributed by atoms with Crippen molar-refractivity contribution in [2.24, 2.45) is 0 Å². The summed E-state index contributed by atoms with van der Waals surface area (Å²) in [5, 5.41) is 1.83. The molecule has 0 atom stereocenters. The molecule has 0 amide bonds. The Kier molecular flexibility index (Phi) is 5.69. The number of carbonyl (C=O) groups is 1. The van der Waals surface area contributed by atoms with Gasteiger partial charge in [0.05, 0.1) is 18.9 Å². The highest BCUT2D eigenvalue weighted by Crippen LogP contribution is 2.24. The molecule has 1 aromatic carbocycles. The van der Waals surface area contributed by atoms with Crippen molar-refractivity contribution in [3.63, 3.8) is 0 Å². The van der Waals surface area contributed by atoms with Crippen molar-refractivity contribution >= 4 is 23.3 Å². The zero-order valence-corrected chi connectivity index (χ0v) is 13.0. The van der Waals surface area contributed by atoms with Crippen LogP contribution in [0.25, 0.3) is 5.57 Å². The van der Waals surface area contributed by atoms with Crippen LogP contribution in [0.4, 0.5) is 0 Å². The van der Waals surface area contributed by atoms with Gasteiger partial charge in [0.2, 0.25) is 0 Å². The third kappa shape index (κ3) is 4.02. The molecule has 0 saturated heterocycles. The molecule has 0 aliphatic carbocycles. The topological polar surface area (TPSA) is 39.4 Å². The number of esters is 1. The first kappa shape index (κ1) is 15.4. The molecule has 0 spiro atoms. The van der Waals surface area contributed by atoms with E-state index in [0.717, 1.165) is 29.7 Å². The largest absolute Gasteiger partial charge is 0.469 e. The Bertz CT molecular complexity index is 615. The lowest BCUT2D eigenvalue weighted by Crippen LogP contribution is -2.06. The van der Waals surface area contributed by atoms with E-state index in [-0.39, 0.29) is 5.97 Å². The van der Waals surface area contributed by atoms with Crippen molar-refractivity contribution in [1.82, 2.24) is 0 Å². The van der Waals surface area contributed by atoms with Gasteiger partial charge in [0.15, 0.2) is 0 Å². The van der Waals surface area contributed by atoms with E-state index in [1.165, 1.54) is 18.9 Å². The van der Waals surface area contributed by atoms with E-state index in [1.807, 2.05) is 48.1 Å². The number of ether oxygens (including phenoxy) is 1. The molecular formula is C17H18O3S. The van der Waals surface area contributed by atoms with Crippen molar-refractivity contribution in [2.75, 3.05) is 13.4 Å². The molecule has 1 heterocycles. The number of furan rings is 1. The van der Waals surface area contributed by atoms with Crippen LogP contribution in [0.2, 0.25) is 0 Å². The predicted molar refractivity (Wildman–Crippen MR) is 86.1 cm³/mol. The minimum Gasteiger partial charge on any atom is -0.469 e. The Balaban J connectivity index is 2.26. The van der Waals surface area contributed by atoms with Crippen LogP contribution in [0.15, 0.2) is 52.5 Å². The van der Waals surface area contributed by atoms with Crippen LogP contribution in [-0.2, 0) is 22.4 Å². The molecule has 1 aromatic heterocycles. The Morgan fingerprint density at radius 2 is 2.05 bits per heavy atom. The first-order valence-corrected chi connectivity index (χ1v) is 7.97. The van der Waals surface area contributed by atoms with Gasteiger partial charge in [-0.25, -0.2) is 4.79 Å². The van der Waals surface area contributed by atoms with Crippen molar-refractivity contribution < 1.29 is 13.9 Å². The molecule has 2 rings (SSSR count). The average Bonchev–Trinajstić information content (AvgIpc) is 3.04. The third-order valence-electron chi connectivity index (χ3n) is 3.17. The Morgan fingerprint density at radius 1 is 1.24 bits per heavy atom. The maximum atomic E-state index is 12.0. The highest BCUT2D eigenvalue weighted by molar-refractivity contribution is 8.01. The summed E-state index contributed by atoms with van der Waals surface area (Å²) in [7, 11) is 1.40. The standard InChI is InChI=1S/C17H18O3S/c1-19-17(18)16(12-21-2)15-8-4-3-6-13(15)9-10-14-7-5-11-20-14/h3-8,11-12H,9-10H2,1-2H3/b16-12+. The normalized spacial score (nSPS) is 11.4. The van der Waals surface area contributed by atoms with Crippen LogP contribution >= 0.6 is 11.8 Å². The summed E-state index contributed by atoms with van der Waals surface area (Å²) in [6.45, 7) is 0. The van der Waals surface area contributed by atoms with Crippen LogP contribution in [0.5, 0.6) is 0 Å². The van der Waals surface area contributed by atoms with Crippen molar-refractivity contribution in [1.29, 1.82) is 0 Å². The number of carbonyl (C=O) groups excluding carboxylic acids is 1. The summed E-state index contributed by atoms with van der Waals surface area (Å²) in [4.78, 5) is 12.0. The van der Waals surface area contributed by atoms with E-state index in [2.05, 4.69) is 0 Å². The molecule has 110 valence electrons. The van der Waals surface area contributed by atoms with E-state index in [9.17, 15) is 4.79 Å². The fourth-order valence-electron chi connectivity index (χ4n) is 2.16. The van der Waals surface area contributed by atoms with Crippen LogP contribution in [0.3, 0.4) is 0 Å². The summed E-state index contributed by atoms with van der Waals surface area (Å²) in [5.41, 5.74) is 2.63. The van der Waals surface area contributed by atoms with Gasteiger partial charge in [0.25, 0.3) is 0 Å². The van der Waals surface area contributed by atoms with Gasteiger partial charge in [-0.3, -0.25) is 0 Å². The molecule has 4 heteroatoms. The van der Waals surface area contributed by atoms with E-state index < -0.39 is 0 Å². The summed E-state index contributed by atoms with van der Waals surface area (Å²) >= 11 is 1.49. The molecule has 0 aliphatic rings. The molecule has 0 saturated carbocycles. The van der Waals surface area contributed by atoms with E-state index in [0.29, 0.717) is 5.57 Å². The van der Waals surface area contributed by atoms with Gasteiger partial charge in [0, 0.05) is 6.42 Å². The second kappa shape index (κ2) is 7.74. The van der Waals surface area contributed by atoms with Gasteiger partial charge < -0.3 is 9.15 Å². The summed E-state index contributed by atoms with van der Waals surface area (Å²) in [6, 6.07) is 11.7. The Hall–Kier alpha value is -1.94. The van der Waals surface area contributed by atoms with Gasteiger partial charge >= 0.3 is 5.97 Å². The summed E-state index contributed by atoms with van der Waals surface area (Å²) in [6.07, 6.45) is 5.22. The lowest BCUT2D eigenvalue weighted by atomic mass is 9.97. The van der Waals surface area contributed by atoms with Crippen molar-refractivity contribution in [2.45, 2.75) is 12.8 Å². The number of hydrogen-bond donors (Lipinski definition) is 0. The highest BCUT2D eigenvalue weighted by Gasteiger charge is 2.15. The number of hydrogen-bond acceptors (Lipinski definition) is 4. The number of methoxy groups -OCH3 is 1. The first-order chi connectivity index (χ1) is 10.3. The maximum absolute atomic E-state index is 12.0. The fraction of sp³-hybridized carbons (Fsp3) is 0.235. The molecule has 0 radical (unpaired) electrons. The van der Waals surface area contributed by atoms with Crippen LogP contribution in [0.1, 0.15) is 16.9 Å². The van der Waals surface area contributed by atoms with Crippen LogP contribution in [0, 0.1) is 0 Å². The summed E-state index contributed by atoms with van der Waals surface area (Å²) in [5.74, 6) is 0.632. The van der Waals surface area contributed by atoms with E-state index in [1.54, 1.807) is 6.26 Å². The number of thioether (sulfide) groups is 1. The van der Waals surface area contributed by atoms with E-state index in [4.69, 9.17) is 9.15 Å². The molecule has 0 bridgehead atoms. The summed E-state index contributed by atoms with van der Waals surface area (Å²) < 4.78 is 10.2. The van der Waals surface area contributed by atoms with Crippen LogP contribution < -0.4 is 0 Å². The molecule has 21 heavy (non-hydrogen) atoms.